The van der Waals surface area contributed by atoms with E-state index >= 15 is 0 Å². The Balaban J connectivity index is 1.65. The van der Waals surface area contributed by atoms with E-state index in [1.807, 2.05) is 11.0 Å². The first-order valence-corrected chi connectivity index (χ1v) is 9.25. The Morgan fingerprint density at radius 3 is 2.32 bits per heavy atom. The summed E-state index contributed by atoms with van der Waals surface area (Å²) in [6.07, 6.45) is 0. The van der Waals surface area contributed by atoms with Crippen molar-refractivity contribution in [1.29, 1.82) is 0 Å². The monoisotopic (exact) mass is 405 g/mol. The predicted octanol–water partition coefficient (Wildman–Crippen LogP) is 3.54. The van der Waals surface area contributed by atoms with Gasteiger partial charge in [0.05, 0.1) is 7.11 Å². The lowest BCUT2D eigenvalue weighted by Crippen LogP contribution is -2.52. The van der Waals surface area contributed by atoms with Crippen molar-refractivity contribution in [2.75, 3.05) is 38.6 Å². The summed E-state index contributed by atoms with van der Waals surface area (Å²) in [5.41, 5.74) is 1.21. The van der Waals surface area contributed by atoms with Crippen molar-refractivity contribution >= 4 is 29.3 Å². The number of hydrogen-bond donors (Lipinski definition) is 1. The van der Waals surface area contributed by atoms with Gasteiger partial charge in [0.25, 0.3) is 0 Å². The first kappa shape index (κ1) is 20.1. The molecule has 1 atom stereocenters. The third kappa shape index (κ3) is 4.61. The van der Waals surface area contributed by atoms with Gasteiger partial charge in [0.1, 0.15) is 11.9 Å². The lowest BCUT2D eigenvalue weighted by atomic mass is 10.0. The molecular formula is C20H21ClFN3O3. The topological polar surface area (TPSA) is 61.9 Å². The number of anilines is 1. The van der Waals surface area contributed by atoms with E-state index in [0.717, 1.165) is 0 Å². The first-order valence-electron chi connectivity index (χ1n) is 8.87. The van der Waals surface area contributed by atoms with Crippen molar-refractivity contribution < 1.29 is 18.7 Å². The van der Waals surface area contributed by atoms with Crippen LogP contribution >= 0.6 is 11.6 Å². The number of rotatable bonds is 4. The van der Waals surface area contributed by atoms with Crippen molar-refractivity contribution in [3.05, 3.63) is 64.9 Å². The summed E-state index contributed by atoms with van der Waals surface area (Å²) in [5.74, 6) is -0.752. The number of nitrogens with one attached hydrogen (secondary N) is 1. The quantitative estimate of drug-likeness (QED) is 0.790. The molecule has 0 saturated carbocycles. The molecular weight excluding hydrogens is 385 g/mol. The van der Waals surface area contributed by atoms with Gasteiger partial charge in [0.2, 0.25) is 0 Å². The second kappa shape index (κ2) is 9.03. The zero-order chi connectivity index (χ0) is 20.1. The lowest BCUT2D eigenvalue weighted by molar-refractivity contribution is -0.148. The number of urea groups is 1. The molecule has 0 radical (unpaired) electrons. The summed E-state index contributed by atoms with van der Waals surface area (Å²) in [6, 6.07) is 11.9. The molecule has 1 saturated heterocycles. The second-order valence-corrected chi connectivity index (χ2v) is 6.81. The SMILES string of the molecule is COC(=O)[C@@H](c1ccccc1Cl)N1CCN(C(=O)Nc2ccc(F)cc2)CC1. The number of carbonyl (C=O) groups excluding carboxylic acids is 2. The highest BCUT2D eigenvalue weighted by Crippen LogP contribution is 2.29. The summed E-state index contributed by atoms with van der Waals surface area (Å²) < 4.78 is 18.0. The Morgan fingerprint density at radius 2 is 1.71 bits per heavy atom. The van der Waals surface area contributed by atoms with Gasteiger partial charge in [0, 0.05) is 36.9 Å². The third-order valence-corrected chi connectivity index (χ3v) is 5.03. The largest absolute Gasteiger partial charge is 0.468 e. The molecule has 148 valence electrons. The summed E-state index contributed by atoms with van der Waals surface area (Å²) >= 11 is 6.28. The number of carbonyl (C=O) groups is 2. The van der Waals surface area contributed by atoms with Crippen LogP contribution in [-0.4, -0.2) is 55.1 Å². The highest BCUT2D eigenvalue weighted by Gasteiger charge is 2.33. The summed E-state index contributed by atoms with van der Waals surface area (Å²) in [4.78, 5) is 28.4. The van der Waals surface area contributed by atoms with Crippen LogP contribution in [0.2, 0.25) is 5.02 Å². The van der Waals surface area contributed by atoms with E-state index in [1.165, 1.54) is 31.4 Å². The molecule has 0 aromatic heterocycles. The summed E-state index contributed by atoms with van der Waals surface area (Å²) in [7, 11) is 1.35. The highest BCUT2D eigenvalue weighted by atomic mass is 35.5. The zero-order valence-corrected chi connectivity index (χ0v) is 16.2. The number of piperazine rings is 1. The van der Waals surface area contributed by atoms with Gasteiger partial charge in [-0.05, 0) is 35.9 Å². The smallest absolute Gasteiger partial charge is 0.327 e. The maximum absolute atomic E-state index is 13.0. The van der Waals surface area contributed by atoms with Gasteiger partial charge >= 0.3 is 12.0 Å². The van der Waals surface area contributed by atoms with Crippen LogP contribution in [0.25, 0.3) is 0 Å². The fourth-order valence-corrected chi connectivity index (χ4v) is 3.44. The number of nitrogens with zero attached hydrogens (tertiary/aromatic N) is 2. The maximum Gasteiger partial charge on any atom is 0.327 e. The van der Waals surface area contributed by atoms with E-state index in [1.54, 1.807) is 23.1 Å². The average Bonchev–Trinajstić information content (AvgIpc) is 2.71. The Kier molecular flexibility index (Phi) is 6.49. The van der Waals surface area contributed by atoms with Crippen molar-refractivity contribution in [3.63, 3.8) is 0 Å². The molecule has 0 spiro atoms. The van der Waals surface area contributed by atoms with E-state index in [0.29, 0.717) is 42.5 Å². The maximum atomic E-state index is 13.0. The molecule has 1 aliphatic heterocycles. The fourth-order valence-electron chi connectivity index (χ4n) is 3.20. The molecule has 8 heteroatoms. The van der Waals surface area contributed by atoms with E-state index < -0.39 is 12.0 Å². The van der Waals surface area contributed by atoms with E-state index in [9.17, 15) is 14.0 Å². The molecule has 3 rings (SSSR count). The highest BCUT2D eigenvalue weighted by molar-refractivity contribution is 6.31. The van der Waals surface area contributed by atoms with Crippen molar-refractivity contribution in [1.82, 2.24) is 9.80 Å². The lowest BCUT2D eigenvalue weighted by Gasteiger charge is -2.38. The van der Waals surface area contributed by atoms with Gasteiger partial charge in [-0.15, -0.1) is 0 Å². The van der Waals surface area contributed by atoms with Gasteiger partial charge in [-0.2, -0.15) is 0 Å². The van der Waals surface area contributed by atoms with Crippen LogP contribution in [0.15, 0.2) is 48.5 Å². The van der Waals surface area contributed by atoms with Gasteiger partial charge in [-0.3, -0.25) is 4.90 Å². The minimum absolute atomic E-state index is 0.265. The van der Waals surface area contributed by atoms with Crippen LogP contribution in [0.1, 0.15) is 11.6 Å². The van der Waals surface area contributed by atoms with Crippen molar-refractivity contribution in [2.45, 2.75) is 6.04 Å². The second-order valence-electron chi connectivity index (χ2n) is 6.41. The number of amides is 2. The van der Waals surface area contributed by atoms with Crippen LogP contribution in [0.3, 0.4) is 0 Å². The summed E-state index contributed by atoms with van der Waals surface area (Å²) in [6.45, 7) is 1.85. The van der Waals surface area contributed by atoms with Gasteiger partial charge < -0.3 is 15.0 Å². The van der Waals surface area contributed by atoms with Crippen LogP contribution in [0, 0.1) is 5.82 Å². The molecule has 1 aliphatic rings. The molecule has 2 aromatic rings. The third-order valence-electron chi connectivity index (χ3n) is 4.69. The molecule has 2 amide bonds. The van der Waals surface area contributed by atoms with Gasteiger partial charge in [-0.25, -0.2) is 14.0 Å². The number of halogens is 2. The Bertz CT molecular complexity index is 839. The standard InChI is InChI=1S/C20H21ClFN3O3/c1-28-19(26)18(16-4-2-3-5-17(16)21)24-10-12-25(13-11-24)20(27)23-15-8-6-14(22)7-9-15/h2-9,18H,10-13H2,1H3,(H,23,27)/t18-/m1/s1. The molecule has 0 unspecified atom stereocenters. The molecule has 28 heavy (non-hydrogen) atoms. The molecule has 0 bridgehead atoms. The molecule has 1 fully saturated rings. The molecule has 0 aliphatic carbocycles. The van der Waals surface area contributed by atoms with Crippen LogP contribution in [0.5, 0.6) is 0 Å². The van der Waals surface area contributed by atoms with Crippen LogP contribution in [-0.2, 0) is 9.53 Å². The Hall–Kier alpha value is -2.64. The molecule has 2 aromatic carbocycles. The predicted molar refractivity (Wildman–Crippen MR) is 105 cm³/mol. The van der Waals surface area contributed by atoms with Crippen molar-refractivity contribution in [2.24, 2.45) is 0 Å². The van der Waals surface area contributed by atoms with E-state index in [2.05, 4.69) is 5.32 Å². The molecule has 6 nitrogen and oxygen atoms in total. The average molecular weight is 406 g/mol. The minimum atomic E-state index is -0.624. The minimum Gasteiger partial charge on any atom is -0.468 e. The van der Waals surface area contributed by atoms with E-state index in [-0.39, 0.29) is 11.8 Å². The summed E-state index contributed by atoms with van der Waals surface area (Å²) in [5, 5.41) is 3.24. The van der Waals surface area contributed by atoms with E-state index in [4.69, 9.17) is 16.3 Å². The van der Waals surface area contributed by atoms with Gasteiger partial charge in [0.15, 0.2) is 0 Å². The number of esters is 1. The Morgan fingerprint density at radius 1 is 1.07 bits per heavy atom. The normalized spacial score (nSPS) is 15.8. The number of ether oxygens (including phenoxy) is 1. The molecule has 1 N–H and O–H groups in total. The van der Waals surface area contributed by atoms with Crippen LogP contribution in [0.4, 0.5) is 14.9 Å². The van der Waals surface area contributed by atoms with Crippen LogP contribution < -0.4 is 5.32 Å². The Labute approximate surface area is 167 Å². The zero-order valence-electron chi connectivity index (χ0n) is 15.4. The van der Waals surface area contributed by atoms with Gasteiger partial charge in [-0.1, -0.05) is 29.8 Å². The number of hydrogen-bond acceptors (Lipinski definition) is 4. The van der Waals surface area contributed by atoms with Crippen molar-refractivity contribution in [3.8, 4) is 0 Å². The number of methoxy groups -OCH3 is 1. The first-order chi connectivity index (χ1) is 13.5. The number of benzene rings is 2. The fraction of sp³-hybridized carbons (Fsp3) is 0.300. The molecule has 1 heterocycles.